The Morgan fingerprint density at radius 3 is 1.63 bits per heavy atom. The summed E-state index contributed by atoms with van der Waals surface area (Å²) in [6, 6.07) is 28.1. The van der Waals surface area contributed by atoms with E-state index in [-0.39, 0.29) is 35.0 Å². The first-order chi connectivity index (χ1) is 25.4. The SMILES string of the molecule is O=C([CH]c1ccccc1)N1CCCC1c1ncc(-c2ccc(-c3cc(F)c(-c4cnc([C@@H]5CCCN5C(=O)[CH]c5ccccc5)[nH]4)cc3F)cc2)[nH]1. The molecule has 2 aliphatic heterocycles. The number of likely N-dealkylation sites (tertiary alicyclic amines) is 2. The number of imidazole rings is 2. The van der Waals surface area contributed by atoms with Crippen LogP contribution in [0.5, 0.6) is 0 Å². The molecule has 8 nitrogen and oxygen atoms in total. The summed E-state index contributed by atoms with van der Waals surface area (Å²) in [5.74, 6) is -0.0633. The van der Waals surface area contributed by atoms with Crippen LogP contribution in [0.1, 0.15) is 60.5 Å². The van der Waals surface area contributed by atoms with E-state index < -0.39 is 11.6 Å². The summed E-state index contributed by atoms with van der Waals surface area (Å²) in [7, 11) is 0. The van der Waals surface area contributed by atoms with E-state index in [0.29, 0.717) is 30.2 Å². The van der Waals surface area contributed by atoms with Crippen molar-refractivity contribution in [3.63, 3.8) is 0 Å². The Morgan fingerprint density at radius 1 is 0.615 bits per heavy atom. The predicted molar refractivity (Wildman–Crippen MR) is 194 cm³/mol. The molecule has 6 aromatic rings. The Bertz CT molecular complexity index is 2200. The maximum atomic E-state index is 15.6. The second-order valence-electron chi connectivity index (χ2n) is 13.2. The first-order valence-electron chi connectivity index (χ1n) is 17.5. The highest BCUT2D eigenvalue weighted by Crippen LogP contribution is 2.36. The number of nitrogens with one attached hydrogen (secondary N) is 2. The minimum Gasteiger partial charge on any atom is -0.340 e. The lowest BCUT2D eigenvalue weighted by atomic mass is 10.00. The average molecular weight is 695 g/mol. The largest absolute Gasteiger partial charge is 0.340 e. The van der Waals surface area contributed by atoms with E-state index in [1.807, 2.05) is 77.7 Å². The summed E-state index contributed by atoms with van der Waals surface area (Å²) in [6.07, 6.45) is 9.73. The van der Waals surface area contributed by atoms with Gasteiger partial charge >= 0.3 is 0 Å². The van der Waals surface area contributed by atoms with Gasteiger partial charge in [-0.15, -0.1) is 0 Å². The molecular weight excluding hydrogens is 658 g/mol. The molecule has 2 N–H and O–H groups in total. The van der Waals surface area contributed by atoms with Gasteiger partial charge in [-0.2, -0.15) is 0 Å². The van der Waals surface area contributed by atoms with E-state index in [1.54, 1.807) is 36.1 Å². The fourth-order valence-electron chi connectivity index (χ4n) is 7.28. The Morgan fingerprint density at radius 2 is 1.08 bits per heavy atom. The summed E-state index contributed by atoms with van der Waals surface area (Å²) < 4.78 is 31.2. The van der Waals surface area contributed by atoms with Gasteiger partial charge in [-0.25, -0.2) is 18.7 Å². The van der Waals surface area contributed by atoms with Crippen LogP contribution < -0.4 is 0 Å². The number of carbonyl (C=O) groups excluding carboxylic acids is 2. The summed E-state index contributed by atoms with van der Waals surface area (Å²) in [5, 5.41) is 0. The third-order valence-electron chi connectivity index (χ3n) is 9.93. The maximum Gasteiger partial charge on any atom is 0.231 e. The molecule has 2 fully saturated rings. The molecule has 2 aliphatic rings. The van der Waals surface area contributed by atoms with Crippen molar-refractivity contribution < 1.29 is 18.4 Å². The van der Waals surface area contributed by atoms with Crippen molar-refractivity contribution in [3.8, 4) is 33.6 Å². The third-order valence-corrected chi connectivity index (χ3v) is 9.93. The Balaban J connectivity index is 0.952. The molecule has 0 aliphatic carbocycles. The van der Waals surface area contributed by atoms with E-state index in [2.05, 4.69) is 19.9 Å². The van der Waals surface area contributed by atoms with Gasteiger partial charge in [0.15, 0.2) is 0 Å². The molecule has 52 heavy (non-hydrogen) atoms. The lowest BCUT2D eigenvalue weighted by Gasteiger charge is -2.23. The molecule has 10 heteroatoms. The second-order valence-corrected chi connectivity index (χ2v) is 13.2. The fourth-order valence-corrected chi connectivity index (χ4v) is 7.28. The Hall–Kier alpha value is -5.90. The van der Waals surface area contributed by atoms with Crippen molar-refractivity contribution in [2.75, 3.05) is 13.1 Å². The molecule has 1 unspecified atom stereocenters. The van der Waals surface area contributed by atoms with Gasteiger partial charge in [-0.1, -0.05) is 84.9 Å². The molecule has 0 spiro atoms. The van der Waals surface area contributed by atoms with Crippen LogP contribution in [0.3, 0.4) is 0 Å². The van der Waals surface area contributed by atoms with E-state index in [4.69, 9.17) is 0 Å². The highest BCUT2D eigenvalue weighted by molar-refractivity contribution is 5.89. The average Bonchev–Trinajstić information content (AvgIpc) is 4.00. The monoisotopic (exact) mass is 694 g/mol. The Kier molecular flexibility index (Phi) is 9.20. The number of benzene rings is 4. The highest BCUT2D eigenvalue weighted by atomic mass is 19.1. The molecule has 2 saturated heterocycles. The van der Waals surface area contributed by atoms with Crippen molar-refractivity contribution in [2.24, 2.45) is 0 Å². The van der Waals surface area contributed by atoms with E-state index in [9.17, 15) is 9.59 Å². The van der Waals surface area contributed by atoms with Gasteiger partial charge in [0.25, 0.3) is 0 Å². The zero-order valence-corrected chi connectivity index (χ0v) is 28.3. The fraction of sp³-hybridized carbons (Fsp3) is 0.190. The number of H-pyrrole nitrogens is 2. The zero-order valence-electron chi connectivity index (χ0n) is 28.3. The van der Waals surface area contributed by atoms with Gasteiger partial charge in [0.1, 0.15) is 23.3 Å². The molecule has 260 valence electrons. The van der Waals surface area contributed by atoms with Gasteiger partial charge in [0, 0.05) is 24.2 Å². The first-order valence-corrected chi connectivity index (χ1v) is 17.5. The minimum atomic E-state index is -0.592. The second kappa shape index (κ2) is 14.4. The number of carbonyl (C=O) groups is 2. The van der Waals surface area contributed by atoms with Crippen molar-refractivity contribution in [1.82, 2.24) is 29.7 Å². The molecule has 2 amide bonds. The zero-order chi connectivity index (χ0) is 35.6. The van der Waals surface area contributed by atoms with Crippen LogP contribution in [-0.4, -0.2) is 54.6 Å². The number of halogens is 2. The molecule has 2 aromatic heterocycles. The van der Waals surface area contributed by atoms with Crippen LogP contribution in [0, 0.1) is 24.5 Å². The molecule has 0 saturated carbocycles. The van der Waals surface area contributed by atoms with Crippen LogP contribution >= 0.6 is 0 Å². The third kappa shape index (κ3) is 6.76. The van der Waals surface area contributed by atoms with Gasteiger partial charge in [-0.3, -0.25) is 9.59 Å². The van der Waals surface area contributed by atoms with Crippen molar-refractivity contribution in [3.05, 3.63) is 157 Å². The smallest absolute Gasteiger partial charge is 0.231 e. The minimum absolute atomic E-state index is 0.0468. The summed E-state index contributed by atoms with van der Waals surface area (Å²) >= 11 is 0. The molecular formula is C42H36F2N6O2. The molecule has 0 bridgehead atoms. The lowest BCUT2D eigenvalue weighted by molar-refractivity contribution is -0.129. The maximum absolute atomic E-state index is 15.6. The number of aromatic amines is 2. The molecule has 2 atom stereocenters. The number of rotatable bonds is 9. The number of hydrogen-bond acceptors (Lipinski definition) is 4. The lowest BCUT2D eigenvalue weighted by Crippen LogP contribution is -2.31. The van der Waals surface area contributed by atoms with E-state index in [1.165, 1.54) is 18.3 Å². The van der Waals surface area contributed by atoms with Crippen molar-refractivity contribution in [1.29, 1.82) is 0 Å². The van der Waals surface area contributed by atoms with E-state index in [0.717, 1.165) is 53.9 Å². The van der Waals surface area contributed by atoms with Gasteiger partial charge in [0.2, 0.25) is 11.8 Å². The highest BCUT2D eigenvalue weighted by Gasteiger charge is 2.33. The van der Waals surface area contributed by atoms with Crippen LogP contribution in [0.15, 0.2) is 109 Å². The van der Waals surface area contributed by atoms with Crippen molar-refractivity contribution in [2.45, 2.75) is 37.8 Å². The van der Waals surface area contributed by atoms with Crippen LogP contribution in [0.25, 0.3) is 33.6 Å². The van der Waals surface area contributed by atoms with Gasteiger partial charge < -0.3 is 19.8 Å². The first kappa shape index (κ1) is 33.3. The standard InChI is InChI=1S/C42H36F2N6O2/c43-33-24-32(36-26-46-42(48-36)38-14-8-20-50(38)40(52)22-28-11-5-2-6-12-28)34(44)23-31(33)29-15-17-30(18-16-29)35-25-45-41(47-35)37-13-7-19-49(37)39(51)21-27-9-3-1-4-10-27/h1-6,9-12,15-18,21-26,37-38H,7-8,13-14,19-20H2,(H,45,47)(H,46,48)/t37?,38-/m0/s1. The number of hydrogen-bond donors (Lipinski definition) is 2. The normalized spacial score (nSPS) is 17.2. The summed E-state index contributed by atoms with van der Waals surface area (Å²) in [5.41, 5.74) is 4.35. The molecule has 4 heterocycles. The van der Waals surface area contributed by atoms with Crippen LogP contribution in [0.4, 0.5) is 8.78 Å². The van der Waals surface area contributed by atoms with Crippen LogP contribution in [0.2, 0.25) is 0 Å². The quantitative estimate of drug-likeness (QED) is 0.159. The molecule has 8 rings (SSSR count). The van der Waals surface area contributed by atoms with Gasteiger partial charge in [-0.05, 0) is 60.1 Å². The number of aromatic nitrogens is 4. The summed E-state index contributed by atoms with van der Waals surface area (Å²) in [4.78, 5) is 45.4. The molecule has 2 radical (unpaired) electrons. The number of nitrogens with zero attached hydrogens (tertiary/aromatic N) is 4. The number of amides is 2. The topological polar surface area (TPSA) is 98.0 Å². The van der Waals surface area contributed by atoms with Crippen LogP contribution in [-0.2, 0) is 9.59 Å². The van der Waals surface area contributed by atoms with Gasteiger partial charge in [0.05, 0.1) is 48.7 Å². The van der Waals surface area contributed by atoms with Crippen molar-refractivity contribution >= 4 is 11.8 Å². The van der Waals surface area contributed by atoms with E-state index >= 15 is 8.78 Å². The Labute approximate surface area is 300 Å². The summed E-state index contributed by atoms with van der Waals surface area (Å²) in [6.45, 7) is 1.25. The predicted octanol–water partition coefficient (Wildman–Crippen LogP) is 8.24. The molecule has 4 aromatic carbocycles.